The molecule has 0 saturated heterocycles. The first-order valence-corrected chi connectivity index (χ1v) is 8.25. The van der Waals surface area contributed by atoms with E-state index in [4.69, 9.17) is 4.74 Å². The lowest BCUT2D eigenvalue weighted by Crippen LogP contribution is -2.41. The van der Waals surface area contributed by atoms with E-state index in [-0.39, 0.29) is 17.9 Å². The van der Waals surface area contributed by atoms with Gasteiger partial charge in [0.15, 0.2) is 6.61 Å². The van der Waals surface area contributed by atoms with Crippen LogP contribution < -0.4 is 10.1 Å². The number of hydrogen-bond donors (Lipinski definition) is 1. The zero-order valence-corrected chi connectivity index (χ0v) is 15.7. The lowest BCUT2D eigenvalue weighted by Gasteiger charge is -2.28. The van der Waals surface area contributed by atoms with E-state index in [1.165, 1.54) is 5.56 Å². The van der Waals surface area contributed by atoms with Gasteiger partial charge >= 0.3 is 0 Å². The molecule has 0 atom stereocenters. The molecule has 0 aliphatic rings. The minimum atomic E-state index is -0.0776. The van der Waals surface area contributed by atoms with Crippen molar-refractivity contribution in [3.8, 4) is 5.75 Å². The van der Waals surface area contributed by atoms with Gasteiger partial charge in [-0.25, -0.2) is 0 Å². The van der Waals surface area contributed by atoms with Crippen LogP contribution in [0.1, 0.15) is 44.7 Å². The molecule has 1 rings (SSSR count). The smallest absolute Gasteiger partial charge is 0.257 e. The van der Waals surface area contributed by atoms with Crippen LogP contribution in [-0.4, -0.2) is 44.6 Å². The third-order valence-corrected chi connectivity index (χ3v) is 3.75. The van der Waals surface area contributed by atoms with Crippen LogP contribution in [0.5, 0.6) is 5.75 Å². The Morgan fingerprint density at radius 3 is 2.52 bits per heavy atom. The van der Waals surface area contributed by atoms with Gasteiger partial charge in [0, 0.05) is 13.1 Å². The zero-order chi connectivity index (χ0) is 17.6. The predicted octanol–water partition coefficient (Wildman–Crippen LogP) is 3.20. The van der Waals surface area contributed by atoms with Gasteiger partial charge in [-0.15, -0.1) is 0 Å². The predicted molar refractivity (Wildman–Crippen MR) is 96.1 cm³/mol. The quantitative estimate of drug-likeness (QED) is 0.800. The SMILES string of the molecule is Cc1ccc(C(C)C)cc1OCC(=O)NCC(C)(C)CN(C)C. The number of carbonyl (C=O) groups excluding carboxylic acids is 1. The summed E-state index contributed by atoms with van der Waals surface area (Å²) in [5, 5.41) is 2.96. The number of carbonyl (C=O) groups is 1. The Hall–Kier alpha value is -1.55. The van der Waals surface area contributed by atoms with Crippen molar-refractivity contribution >= 4 is 5.91 Å². The van der Waals surface area contributed by atoms with Gasteiger partial charge in [0.2, 0.25) is 0 Å². The largest absolute Gasteiger partial charge is 0.483 e. The molecule has 130 valence electrons. The highest BCUT2D eigenvalue weighted by molar-refractivity contribution is 5.77. The molecule has 0 heterocycles. The van der Waals surface area contributed by atoms with Crippen LogP contribution in [0.25, 0.3) is 0 Å². The Labute approximate surface area is 141 Å². The number of rotatable bonds is 8. The van der Waals surface area contributed by atoms with Gasteiger partial charge in [-0.2, -0.15) is 0 Å². The van der Waals surface area contributed by atoms with Crippen LogP contribution in [0.4, 0.5) is 0 Å². The summed E-state index contributed by atoms with van der Waals surface area (Å²) in [5.41, 5.74) is 2.31. The third kappa shape index (κ3) is 7.04. The van der Waals surface area contributed by atoms with Gasteiger partial charge in [-0.1, -0.05) is 39.8 Å². The molecule has 0 aliphatic heterocycles. The maximum atomic E-state index is 12.0. The van der Waals surface area contributed by atoms with E-state index in [9.17, 15) is 4.79 Å². The Bertz CT molecular complexity index is 522. The molecule has 0 aromatic heterocycles. The van der Waals surface area contributed by atoms with Crippen molar-refractivity contribution in [2.45, 2.75) is 40.5 Å². The normalized spacial score (nSPS) is 11.9. The van der Waals surface area contributed by atoms with Crippen LogP contribution in [0.2, 0.25) is 0 Å². The summed E-state index contributed by atoms with van der Waals surface area (Å²) in [6.07, 6.45) is 0. The van der Waals surface area contributed by atoms with Crippen LogP contribution in [0, 0.1) is 12.3 Å². The first-order chi connectivity index (χ1) is 10.6. The van der Waals surface area contributed by atoms with Crippen LogP contribution in [-0.2, 0) is 4.79 Å². The molecule has 23 heavy (non-hydrogen) atoms. The van der Waals surface area contributed by atoms with Crippen LogP contribution >= 0.6 is 0 Å². The van der Waals surface area contributed by atoms with E-state index in [0.29, 0.717) is 12.5 Å². The molecule has 0 unspecified atom stereocenters. The van der Waals surface area contributed by atoms with Crippen LogP contribution in [0.15, 0.2) is 18.2 Å². The van der Waals surface area contributed by atoms with Gasteiger partial charge in [-0.05, 0) is 49.5 Å². The molecule has 1 aromatic carbocycles. The summed E-state index contributed by atoms with van der Waals surface area (Å²) in [4.78, 5) is 14.2. The highest BCUT2D eigenvalue weighted by Crippen LogP contribution is 2.24. The average Bonchev–Trinajstić information content (AvgIpc) is 2.42. The second-order valence-electron chi connectivity index (χ2n) is 7.65. The molecule has 0 bridgehead atoms. The fourth-order valence-corrected chi connectivity index (χ4v) is 2.58. The Kier molecular flexibility index (Phi) is 7.07. The van der Waals surface area contributed by atoms with Gasteiger partial charge in [0.25, 0.3) is 5.91 Å². The molecule has 4 nitrogen and oxygen atoms in total. The Morgan fingerprint density at radius 1 is 1.30 bits per heavy atom. The molecular formula is C19H32N2O2. The van der Waals surface area contributed by atoms with Crippen molar-refractivity contribution in [1.82, 2.24) is 10.2 Å². The highest BCUT2D eigenvalue weighted by atomic mass is 16.5. The van der Waals surface area contributed by atoms with E-state index in [0.717, 1.165) is 17.9 Å². The summed E-state index contributed by atoms with van der Waals surface area (Å²) in [6, 6.07) is 6.18. The van der Waals surface area contributed by atoms with Gasteiger partial charge < -0.3 is 15.0 Å². The maximum Gasteiger partial charge on any atom is 0.257 e. The van der Waals surface area contributed by atoms with Gasteiger partial charge in [-0.3, -0.25) is 4.79 Å². The Morgan fingerprint density at radius 2 is 1.96 bits per heavy atom. The molecular weight excluding hydrogens is 288 g/mol. The van der Waals surface area contributed by atoms with E-state index < -0.39 is 0 Å². The molecule has 4 heteroatoms. The van der Waals surface area contributed by atoms with Crippen molar-refractivity contribution < 1.29 is 9.53 Å². The van der Waals surface area contributed by atoms with Gasteiger partial charge in [0.05, 0.1) is 0 Å². The summed E-state index contributed by atoms with van der Waals surface area (Å²) >= 11 is 0. The number of nitrogens with one attached hydrogen (secondary N) is 1. The topological polar surface area (TPSA) is 41.6 Å². The molecule has 0 saturated carbocycles. The molecule has 1 aromatic rings. The minimum Gasteiger partial charge on any atom is -0.483 e. The standard InChI is InChI=1S/C19H32N2O2/c1-14(2)16-9-8-15(3)17(10-16)23-11-18(22)20-12-19(4,5)13-21(6)7/h8-10,14H,11-13H2,1-7H3,(H,20,22). The fraction of sp³-hybridized carbons (Fsp3) is 0.632. The summed E-state index contributed by atoms with van der Waals surface area (Å²) in [6.45, 7) is 12.2. The fourth-order valence-electron chi connectivity index (χ4n) is 2.58. The van der Waals surface area contributed by atoms with Crippen molar-refractivity contribution in [3.05, 3.63) is 29.3 Å². The van der Waals surface area contributed by atoms with Crippen molar-refractivity contribution in [2.75, 3.05) is 33.8 Å². The summed E-state index contributed by atoms with van der Waals surface area (Å²) in [7, 11) is 4.08. The molecule has 0 spiro atoms. The summed E-state index contributed by atoms with van der Waals surface area (Å²) < 4.78 is 5.71. The molecule has 1 N–H and O–H groups in total. The maximum absolute atomic E-state index is 12.0. The minimum absolute atomic E-state index is 0.0344. The Balaban J connectivity index is 2.52. The lowest BCUT2D eigenvalue weighted by molar-refractivity contribution is -0.123. The number of hydrogen-bond acceptors (Lipinski definition) is 3. The molecule has 0 fully saturated rings. The van der Waals surface area contributed by atoms with E-state index in [1.54, 1.807) is 0 Å². The van der Waals surface area contributed by atoms with Gasteiger partial charge in [0.1, 0.15) is 5.75 Å². The summed E-state index contributed by atoms with van der Waals surface area (Å²) in [5.74, 6) is 1.16. The van der Waals surface area contributed by atoms with E-state index in [2.05, 4.69) is 44.0 Å². The number of benzene rings is 1. The van der Waals surface area contributed by atoms with E-state index >= 15 is 0 Å². The van der Waals surface area contributed by atoms with Crippen molar-refractivity contribution in [2.24, 2.45) is 5.41 Å². The van der Waals surface area contributed by atoms with Crippen molar-refractivity contribution in [1.29, 1.82) is 0 Å². The second-order valence-corrected chi connectivity index (χ2v) is 7.65. The zero-order valence-electron chi connectivity index (χ0n) is 15.7. The first kappa shape index (κ1) is 19.5. The number of ether oxygens (including phenoxy) is 1. The number of nitrogens with zero attached hydrogens (tertiary/aromatic N) is 1. The van der Waals surface area contributed by atoms with E-state index in [1.807, 2.05) is 33.2 Å². The number of amides is 1. The monoisotopic (exact) mass is 320 g/mol. The van der Waals surface area contributed by atoms with Crippen LogP contribution in [0.3, 0.4) is 0 Å². The first-order valence-electron chi connectivity index (χ1n) is 8.25. The van der Waals surface area contributed by atoms with Crippen molar-refractivity contribution in [3.63, 3.8) is 0 Å². The highest BCUT2D eigenvalue weighted by Gasteiger charge is 2.20. The molecule has 0 aliphatic carbocycles. The molecule has 1 amide bonds. The average molecular weight is 320 g/mol. The molecule has 0 radical (unpaired) electrons. The second kappa shape index (κ2) is 8.34. The number of aryl methyl sites for hydroxylation is 1. The lowest BCUT2D eigenvalue weighted by atomic mass is 9.93. The third-order valence-electron chi connectivity index (χ3n) is 3.75.